The number of methoxy groups -OCH3 is 1. The van der Waals surface area contributed by atoms with Gasteiger partial charge < -0.3 is 15.0 Å². The van der Waals surface area contributed by atoms with Gasteiger partial charge in [-0.2, -0.15) is 0 Å². The highest BCUT2D eigenvalue weighted by molar-refractivity contribution is 6.31. The Balaban J connectivity index is 2.56. The van der Waals surface area contributed by atoms with E-state index in [-0.39, 0.29) is 23.4 Å². The van der Waals surface area contributed by atoms with E-state index in [1.165, 1.54) is 30.0 Å². The first-order chi connectivity index (χ1) is 9.93. The normalized spacial score (nSPS) is 10.3. The maximum atomic E-state index is 13.0. The van der Waals surface area contributed by atoms with Crippen LogP contribution < -0.4 is 5.32 Å². The van der Waals surface area contributed by atoms with E-state index >= 15 is 0 Å². The molecule has 0 spiro atoms. The molecule has 0 atom stereocenters. The summed E-state index contributed by atoms with van der Waals surface area (Å²) in [5, 5.41) is 2.50. The standard InChI is InChI=1S/C14H18ClFN2O3/c1-10(19)18(6-3-7-21-2)9-14(20)17-11-4-5-13(16)12(15)8-11/h4-5,8H,3,6-7,9H2,1-2H3,(H,17,20). The van der Waals surface area contributed by atoms with Gasteiger partial charge in [0.15, 0.2) is 0 Å². The molecule has 0 bridgehead atoms. The van der Waals surface area contributed by atoms with Crippen LogP contribution in [0.1, 0.15) is 13.3 Å². The monoisotopic (exact) mass is 316 g/mol. The fourth-order valence-corrected chi connectivity index (χ4v) is 1.88. The van der Waals surface area contributed by atoms with Gasteiger partial charge in [0.2, 0.25) is 11.8 Å². The maximum absolute atomic E-state index is 13.0. The van der Waals surface area contributed by atoms with Crippen molar-refractivity contribution < 1.29 is 18.7 Å². The number of rotatable bonds is 7. The Bertz CT molecular complexity index is 511. The van der Waals surface area contributed by atoms with E-state index in [4.69, 9.17) is 16.3 Å². The summed E-state index contributed by atoms with van der Waals surface area (Å²) in [5.41, 5.74) is 0.381. The summed E-state index contributed by atoms with van der Waals surface area (Å²) in [6.07, 6.45) is 0.645. The van der Waals surface area contributed by atoms with Gasteiger partial charge in [0, 0.05) is 32.9 Å². The quantitative estimate of drug-likeness (QED) is 0.785. The van der Waals surface area contributed by atoms with E-state index in [0.29, 0.717) is 25.3 Å². The van der Waals surface area contributed by atoms with Crippen molar-refractivity contribution in [3.8, 4) is 0 Å². The highest BCUT2D eigenvalue weighted by atomic mass is 35.5. The topological polar surface area (TPSA) is 58.6 Å². The summed E-state index contributed by atoms with van der Waals surface area (Å²) >= 11 is 5.63. The van der Waals surface area contributed by atoms with Gasteiger partial charge in [0.1, 0.15) is 5.82 Å². The van der Waals surface area contributed by atoms with Crippen molar-refractivity contribution in [2.45, 2.75) is 13.3 Å². The van der Waals surface area contributed by atoms with Gasteiger partial charge in [-0.1, -0.05) is 11.6 Å². The molecule has 1 N–H and O–H groups in total. The molecule has 1 rings (SSSR count). The number of halogens is 2. The lowest BCUT2D eigenvalue weighted by Gasteiger charge is -2.20. The van der Waals surface area contributed by atoms with E-state index in [0.717, 1.165) is 0 Å². The molecule has 0 saturated heterocycles. The molecular formula is C14H18ClFN2O3. The second-order valence-corrected chi connectivity index (χ2v) is 4.87. The number of carbonyl (C=O) groups is 2. The smallest absolute Gasteiger partial charge is 0.243 e. The van der Waals surface area contributed by atoms with Crippen LogP contribution in [-0.4, -0.2) is 43.5 Å². The molecule has 0 saturated carbocycles. The molecule has 1 aromatic carbocycles. The van der Waals surface area contributed by atoms with Crippen LogP contribution in [0.5, 0.6) is 0 Å². The first-order valence-electron chi connectivity index (χ1n) is 6.43. The van der Waals surface area contributed by atoms with Gasteiger partial charge in [0.05, 0.1) is 11.6 Å². The number of ether oxygens (including phenoxy) is 1. The third-order valence-electron chi connectivity index (χ3n) is 2.76. The Morgan fingerprint density at radius 1 is 1.43 bits per heavy atom. The summed E-state index contributed by atoms with van der Waals surface area (Å²) in [7, 11) is 1.57. The first-order valence-corrected chi connectivity index (χ1v) is 6.81. The molecule has 21 heavy (non-hydrogen) atoms. The Kier molecular flexibility index (Phi) is 7.11. The third-order valence-corrected chi connectivity index (χ3v) is 3.05. The van der Waals surface area contributed by atoms with Crippen LogP contribution in [-0.2, 0) is 14.3 Å². The average Bonchev–Trinajstić information content (AvgIpc) is 2.42. The Labute approximate surface area is 128 Å². The number of hydrogen-bond acceptors (Lipinski definition) is 3. The maximum Gasteiger partial charge on any atom is 0.243 e. The Morgan fingerprint density at radius 3 is 2.71 bits per heavy atom. The van der Waals surface area contributed by atoms with Crippen LogP contribution in [0, 0.1) is 5.82 Å². The van der Waals surface area contributed by atoms with Gasteiger partial charge in [-0.05, 0) is 24.6 Å². The second-order valence-electron chi connectivity index (χ2n) is 4.46. The number of nitrogens with one attached hydrogen (secondary N) is 1. The summed E-state index contributed by atoms with van der Waals surface area (Å²) in [6, 6.07) is 3.89. The zero-order chi connectivity index (χ0) is 15.8. The lowest BCUT2D eigenvalue weighted by molar-refractivity contribution is -0.132. The van der Waals surface area contributed by atoms with Crippen molar-refractivity contribution in [2.24, 2.45) is 0 Å². The number of nitrogens with zero attached hydrogens (tertiary/aromatic N) is 1. The van der Waals surface area contributed by atoms with E-state index in [1.54, 1.807) is 7.11 Å². The third kappa shape index (κ3) is 6.10. The van der Waals surface area contributed by atoms with E-state index < -0.39 is 5.82 Å². The number of carbonyl (C=O) groups excluding carboxylic acids is 2. The van der Waals surface area contributed by atoms with Crippen LogP contribution in [0.4, 0.5) is 10.1 Å². The summed E-state index contributed by atoms with van der Waals surface area (Å²) in [5.74, 6) is -1.12. The number of hydrogen-bond donors (Lipinski definition) is 1. The van der Waals surface area contributed by atoms with Crippen molar-refractivity contribution in [1.82, 2.24) is 4.90 Å². The molecule has 0 aliphatic rings. The van der Waals surface area contributed by atoms with E-state index in [1.807, 2.05) is 0 Å². The number of benzene rings is 1. The van der Waals surface area contributed by atoms with Crippen molar-refractivity contribution in [1.29, 1.82) is 0 Å². The summed E-state index contributed by atoms with van der Waals surface area (Å²) in [4.78, 5) is 24.8. The zero-order valence-corrected chi connectivity index (χ0v) is 12.7. The molecule has 0 aliphatic carbocycles. The van der Waals surface area contributed by atoms with Crippen LogP contribution >= 0.6 is 11.6 Å². The van der Waals surface area contributed by atoms with Gasteiger partial charge in [-0.25, -0.2) is 4.39 Å². The molecule has 7 heteroatoms. The number of amides is 2. The molecule has 0 aliphatic heterocycles. The van der Waals surface area contributed by atoms with Crippen molar-refractivity contribution >= 4 is 29.1 Å². The van der Waals surface area contributed by atoms with Crippen LogP contribution in [0.15, 0.2) is 18.2 Å². The molecule has 0 heterocycles. The molecule has 0 aromatic heterocycles. The predicted octanol–water partition coefficient (Wildman–Crippen LogP) is 2.30. The summed E-state index contributed by atoms with van der Waals surface area (Å²) < 4.78 is 17.9. The fraction of sp³-hybridized carbons (Fsp3) is 0.429. The molecule has 2 amide bonds. The predicted molar refractivity (Wildman–Crippen MR) is 78.8 cm³/mol. The molecule has 0 fully saturated rings. The van der Waals surface area contributed by atoms with Gasteiger partial charge in [-0.3, -0.25) is 9.59 Å². The van der Waals surface area contributed by atoms with Crippen LogP contribution in [0.25, 0.3) is 0 Å². The number of anilines is 1. The molecule has 116 valence electrons. The first kappa shape index (κ1) is 17.4. The van der Waals surface area contributed by atoms with Crippen LogP contribution in [0.2, 0.25) is 5.02 Å². The van der Waals surface area contributed by atoms with Crippen molar-refractivity contribution in [3.05, 3.63) is 29.0 Å². The highest BCUT2D eigenvalue weighted by Gasteiger charge is 2.13. The lowest BCUT2D eigenvalue weighted by atomic mass is 10.3. The Hall–Kier alpha value is -1.66. The highest BCUT2D eigenvalue weighted by Crippen LogP contribution is 2.19. The fourth-order valence-electron chi connectivity index (χ4n) is 1.70. The largest absolute Gasteiger partial charge is 0.385 e. The minimum absolute atomic E-state index is 0.0729. The zero-order valence-electron chi connectivity index (χ0n) is 12.0. The Morgan fingerprint density at radius 2 is 2.14 bits per heavy atom. The lowest BCUT2D eigenvalue weighted by Crippen LogP contribution is -2.37. The second kappa shape index (κ2) is 8.59. The van der Waals surface area contributed by atoms with Crippen molar-refractivity contribution in [3.63, 3.8) is 0 Å². The van der Waals surface area contributed by atoms with Gasteiger partial charge in [-0.15, -0.1) is 0 Å². The van der Waals surface area contributed by atoms with Gasteiger partial charge >= 0.3 is 0 Å². The van der Waals surface area contributed by atoms with Gasteiger partial charge in [0.25, 0.3) is 0 Å². The van der Waals surface area contributed by atoms with E-state index in [9.17, 15) is 14.0 Å². The molecular weight excluding hydrogens is 299 g/mol. The molecule has 0 unspecified atom stereocenters. The molecule has 5 nitrogen and oxygen atoms in total. The SMILES string of the molecule is COCCCN(CC(=O)Nc1ccc(F)c(Cl)c1)C(C)=O. The average molecular weight is 317 g/mol. The minimum atomic E-state index is -0.556. The van der Waals surface area contributed by atoms with Crippen LogP contribution in [0.3, 0.4) is 0 Å². The minimum Gasteiger partial charge on any atom is -0.385 e. The van der Waals surface area contributed by atoms with E-state index in [2.05, 4.69) is 5.32 Å². The molecule has 0 radical (unpaired) electrons. The summed E-state index contributed by atoms with van der Waals surface area (Å²) in [6.45, 7) is 2.27. The molecule has 1 aromatic rings. The van der Waals surface area contributed by atoms with Crippen molar-refractivity contribution in [2.75, 3.05) is 32.1 Å².